The fourth-order valence-electron chi connectivity index (χ4n) is 3.37. The van der Waals surface area contributed by atoms with E-state index in [4.69, 9.17) is 15.2 Å². The largest absolute Gasteiger partial charge is 0.493 e. The van der Waals surface area contributed by atoms with Crippen LogP contribution in [0.3, 0.4) is 0 Å². The Morgan fingerprint density at radius 2 is 1.83 bits per heavy atom. The minimum absolute atomic E-state index is 0.210. The van der Waals surface area contributed by atoms with E-state index in [9.17, 15) is 4.79 Å². The van der Waals surface area contributed by atoms with Crippen molar-refractivity contribution < 1.29 is 14.3 Å². The van der Waals surface area contributed by atoms with Gasteiger partial charge in [-0.25, -0.2) is 0 Å². The first-order valence-electron chi connectivity index (χ1n) is 9.12. The Balaban J connectivity index is 1.94. The SMILES string of the molecule is Cc1c(C)c2c(c(C)c1OCCCCCCC(N)=O)CCC(C)O2. The van der Waals surface area contributed by atoms with Crippen molar-refractivity contribution in [1.82, 2.24) is 0 Å². The zero-order chi connectivity index (χ0) is 17.7. The molecule has 1 heterocycles. The minimum atomic E-state index is -0.210. The summed E-state index contributed by atoms with van der Waals surface area (Å²) < 4.78 is 12.2. The highest BCUT2D eigenvalue weighted by molar-refractivity contribution is 5.73. The van der Waals surface area contributed by atoms with E-state index in [1.54, 1.807) is 0 Å². The molecule has 0 spiro atoms. The van der Waals surface area contributed by atoms with Crippen molar-refractivity contribution in [3.05, 3.63) is 22.3 Å². The lowest BCUT2D eigenvalue weighted by Gasteiger charge is -2.29. The number of nitrogens with two attached hydrogens (primary N) is 1. The lowest BCUT2D eigenvalue weighted by molar-refractivity contribution is -0.118. The van der Waals surface area contributed by atoms with Crippen LogP contribution in [0.5, 0.6) is 11.5 Å². The smallest absolute Gasteiger partial charge is 0.217 e. The molecule has 1 aliphatic rings. The van der Waals surface area contributed by atoms with Crippen LogP contribution in [-0.2, 0) is 11.2 Å². The molecule has 4 heteroatoms. The number of hydrogen-bond donors (Lipinski definition) is 1. The number of hydrogen-bond acceptors (Lipinski definition) is 3. The van der Waals surface area contributed by atoms with Crippen LogP contribution in [0.25, 0.3) is 0 Å². The van der Waals surface area contributed by atoms with E-state index in [1.165, 1.54) is 22.3 Å². The number of fused-ring (bicyclic) bond motifs is 1. The Morgan fingerprint density at radius 3 is 2.54 bits per heavy atom. The quantitative estimate of drug-likeness (QED) is 0.727. The number of benzene rings is 1. The van der Waals surface area contributed by atoms with Crippen molar-refractivity contribution in [1.29, 1.82) is 0 Å². The van der Waals surface area contributed by atoms with Gasteiger partial charge in [0.15, 0.2) is 0 Å². The van der Waals surface area contributed by atoms with Crippen LogP contribution in [0, 0.1) is 20.8 Å². The standard InChI is InChI=1S/C20H31NO3/c1-13-10-11-17-16(4)19(14(2)15(3)20(17)24-13)23-12-8-6-5-7-9-18(21)22/h13H,5-12H2,1-4H3,(H2,21,22). The van der Waals surface area contributed by atoms with E-state index >= 15 is 0 Å². The van der Waals surface area contributed by atoms with Crippen LogP contribution < -0.4 is 15.2 Å². The van der Waals surface area contributed by atoms with E-state index < -0.39 is 0 Å². The third kappa shape index (κ3) is 4.43. The number of ether oxygens (including phenoxy) is 2. The van der Waals surface area contributed by atoms with E-state index in [0.717, 1.165) is 50.0 Å². The minimum Gasteiger partial charge on any atom is -0.493 e. The average Bonchev–Trinajstić information content (AvgIpc) is 2.54. The zero-order valence-electron chi connectivity index (χ0n) is 15.5. The maximum Gasteiger partial charge on any atom is 0.217 e. The second-order valence-corrected chi connectivity index (χ2v) is 6.96. The molecule has 2 N–H and O–H groups in total. The highest BCUT2D eigenvalue weighted by Crippen LogP contribution is 2.41. The Bertz CT molecular complexity index is 595. The van der Waals surface area contributed by atoms with Gasteiger partial charge in [-0.3, -0.25) is 4.79 Å². The fraction of sp³-hybridized carbons (Fsp3) is 0.650. The van der Waals surface area contributed by atoms with Gasteiger partial charge in [-0.05, 0) is 70.1 Å². The van der Waals surface area contributed by atoms with Crippen LogP contribution in [-0.4, -0.2) is 18.6 Å². The molecule has 1 aromatic carbocycles. The number of unbranched alkanes of at least 4 members (excludes halogenated alkanes) is 3. The average molecular weight is 333 g/mol. The van der Waals surface area contributed by atoms with Gasteiger partial charge in [-0.15, -0.1) is 0 Å². The molecule has 24 heavy (non-hydrogen) atoms. The normalized spacial score (nSPS) is 16.4. The Hall–Kier alpha value is -1.71. The second-order valence-electron chi connectivity index (χ2n) is 6.96. The van der Waals surface area contributed by atoms with E-state index in [2.05, 4.69) is 27.7 Å². The molecule has 0 bridgehead atoms. The summed E-state index contributed by atoms with van der Waals surface area (Å²) in [5, 5.41) is 0. The van der Waals surface area contributed by atoms with Crippen LogP contribution in [0.2, 0.25) is 0 Å². The third-order valence-electron chi connectivity index (χ3n) is 4.99. The van der Waals surface area contributed by atoms with E-state index in [1.807, 2.05) is 0 Å². The van der Waals surface area contributed by atoms with Crippen molar-refractivity contribution in [2.45, 2.75) is 78.7 Å². The topological polar surface area (TPSA) is 61.5 Å². The molecule has 0 saturated heterocycles. The molecule has 0 aliphatic carbocycles. The lowest BCUT2D eigenvalue weighted by atomic mass is 9.92. The summed E-state index contributed by atoms with van der Waals surface area (Å²) in [7, 11) is 0. The Morgan fingerprint density at radius 1 is 1.12 bits per heavy atom. The molecule has 1 aliphatic heterocycles. The first-order chi connectivity index (χ1) is 11.4. The molecule has 0 fully saturated rings. The maximum absolute atomic E-state index is 10.7. The van der Waals surface area contributed by atoms with Crippen LogP contribution in [0.15, 0.2) is 0 Å². The van der Waals surface area contributed by atoms with Gasteiger partial charge in [0, 0.05) is 12.0 Å². The summed E-state index contributed by atoms with van der Waals surface area (Å²) in [5.41, 5.74) is 10.1. The summed E-state index contributed by atoms with van der Waals surface area (Å²) in [6.07, 6.45) is 6.88. The number of primary amides is 1. The molecule has 1 atom stereocenters. The Labute approximate surface area is 145 Å². The van der Waals surface area contributed by atoms with Gasteiger partial charge in [0.2, 0.25) is 5.91 Å². The van der Waals surface area contributed by atoms with Gasteiger partial charge >= 0.3 is 0 Å². The predicted molar refractivity (Wildman–Crippen MR) is 96.8 cm³/mol. The van der Waals surface area contributed by atoms with Crippen LogP contribution in [0.4, 0.5) is 0 Å². The van der Waals surface area contributed by atoms with Crippen molar-refractivity contribution in [2.75, 3.05) is 6.61 Å². The van der Waals surface area contributed by atoms with Crippen molar-refractivity contribution in [2.24, 2.45) is 5.73 Å². The number of amides is 1. The van der Waals surface area contributed by atoms with Gasteiger partial charge in [0.1, 0.15) is 11.5 Å². The van der Waals surface area contributed by atoms with E-state index in [-0.39, 0.29) is 5.91 Å². The molecule has 2 rings (SSSR count). The molecule has 0 saturated carbocycles. The van der Waals surface area contributed by atoms with Gasteiger partial charge in [-0.2, -0.15) is 0 Å². The molecule has 1 aromatic rings. The van der Waals surface area contributed by atoms with Crippen molar-refractivity contribution in [3.63, 3.8) is 0 Å². The Kier molecular flexibility index (Phi) is 6.52. The molecule has 1 amide bonds. The summed E-state index contributed by atoms with van der Waals surface area (Å²) in [4.78, 5) is 10.7. The van der Waals surface area contributed by atoms with Crippen LogP contribution >= 0.6 is 0 Å². The number of rotatable bonds is 8. The molecule has 134 valence electrons. The summed E-state index contributed by atoms with van der Waals surface area (Å²) in [6, 6.07) is 0. The summed E-state index contributed by atoms with van der Waals surface area (Å²) in [6.45, 7) is 9.24. The highest BCUT2D eigenvalue weighted by Gasteiger charge is 2.24. The van der Waals surface area contributed by atoms with Gasteiger partial charge in [-0.1, -0.05) is 12.8 Å². The predicted octanol–water partition coefficient (Wildman–Crippen LogP) is 4.14. The molecular formula is C20H31NO3. The van der Waals surface area contributed by atoms with Crippen molar-refractivity contribution in [3.8, 4) is 11.5 Å². The monoisotopic (exact) mass is 333 g/mol. The molecule has 0 aromatic heterocycles. The zero-order valence-corrected chi connectivity index (χ0v) is 15.5. The van der Waals surface area contributed by atoms with Gasteiger partial charge in [0.05, 0.1) is 12.7 Å². The summed E-state index contributed by atoms with van der Waals surface area (Å²) >= 11 is 0. The molecule has 0 radical (unpaired) electrons. The first-order valence-corrected chi connectivity index (χ1v) is 9.12. The van der Waals surface area contributed by atoms with Crippen molar-refractivity contribution >= 4 is 5.91 Å². The fourth-order valence-corrected chi connectivity index (χ4v) is 3.37. The second kappa shape index (κ2) is 8.41. The van der Waals surface area contributed by atoms with Crippen LogP contribution in [0.1, 0.15) is 67.7 Å². The molecular weight excluding hydrogens is 302 g/mol. The summed E-state index contributed by atoms with van der Waals surface area (Å²) in [5.74, 6) is 1.89. The lowest BCUT2D eigenvalue weighted by Crippen LogP contribution is -2.21. The number of carbonyl (C=O) groups excluding carboxylic acids is 1. The van der Waals surface area contributed by atoms with E-state index in [0.29, 0.717) is 19.1 Å². The molecule has 1 unspecified atom stereocenters. The maximum atomic E-state index is 10.7. The molecule has 4 nitrogen and oxygen atoms in total. The first kappa shape index (κ1) is 18.6. The van der Waals surface area contributed by atoms with Gasteiger partial charge in [0.25, 0.3) is 0 Å². The third-order valence-corrected chi connectivity index (χ3v) is 4.99. The number of carbonyl (C=O) groups is 1. The highest BCUT2D eigenvalue weighted by atomic mass is 16.5. The van der Waals surface area contributed by atoms with Gasteiger partial charge < -0.3 is 15.2 Å².